The fourth-order valence-corrected chi connectivity index (χ4v) is 6.36. The summed E-state index contributed by atoms with van der Waals surface area (Å²) in [4.78, 5) is 0. The van der Waals surface area contributed by atoms with Crippen molar-refractivity contribution in [1.82, 2.24) is 19.8 Å². The van der Waals surface area contributed by atoms with Crippen LogP contribution in [0.4, 0.5) is 0 Å². The maximum atomic E-state index is 3.91. The first-order valence-corrected chi connectivity index (χ1v) is 12.9. The zero-order valence-corrected chi connectivity index (χ0v) is 20.5. The fourth-order valence-electron chi connectivity index (χ4n) is 6.36. The number of allylic oxidation sites excluding steroid dienone is 2. The molecule has 178 valence electrons. The summed E-state index contributed by atoms with van der Waals surface area (Å²) in [6.07, 6.45) is 8.60. The molecule has 1 aliphatic heterocycles. The Kier molecular flexibility index (Phi) is 4.31. The molecular weight excluding hydrogens is 452 g/mol. The molecule has 0 saturated carbocycles. The van der Waals surface area contributed by atoms with Crippen LogP contribution in [-0.2, 0) is 7.05 Å². The van der Waals surface area contributed by atoms with Crippen LogP contribution in [0.25, 0.3) is 49.3 Å². The van der Waals surface area contributed by atoms with E-state index in [1.54, 1.807) is 0 Å². The summed E-state index contributed by atoms with van der Waals surface area (Å²) in [7, 11) is 2.19. The first kappa shape index (κ1) is 20.6. The van der Waals surface area contributed by atoms with Crippen LogP contribution in [0.3, 0.4) is 0 Å². The van der Waals surface area contributed by atoms with Crippen LogP contribution >= 0.6 is 0 Å². The van der Waals surface area contributed by atoms with E-state index < -0.39 is 0 Å². The molecule has 3 heterocycles. The van der Waals surface area contributed by atoms with E-state index in [0.717, 1.165) is 0 Å². The highest BCUT2D eigenvalue weighted by atomic mass is 15.3. The van der Waals surface area contributed by atoms with E-state index in [-0.39, 0.29) is 12.3 Å². The van der Waals surface area contributed by atoms with Gasteiger partial charge in [0.25, 0.3) is 0 Å². The molecule has 2 aromatic heterocycles. The van der Waals surface area contributed by atoms with Crippen molar-refractivity contribution in [3.05, 3.63) is 126 Å². The molecule has 37 heavy (non-hydrogen) atoms. The third-order valence-corrected chi connectivity index (χ3v) is 7.99. The first-order chi connectivity index (χ1) is 18.3. The third kappa shape index (κ3) is 2.87. The second-order valence-corrected chi connectivity index (χ2v) is 9.95. The van der Waals surface area contributed by atoms with Gasteiger partial charge in [0.2, 0.25) is 0 Å². The highest BCUT2D eigenvalue weighted by Gasteiger charge is 2.30. The summed E-state index contributed by atoms with van der Waals surface area (Å²) in [5.41, 5.74) is 8.60. The number of aryl methyl sites for hydroxylation is 1. The van der Waals surface area contributed by atoms with Crippen LogP contribution in [0.5, 0.6) is 0 Å². The van der Waals surface area contributed by atoms with E-state index in [9.17, 15) is 0 Å². The van der Waals surface area contributed by atoms with Crippen molar-refractivity contribution in [3.8, 4) is 0 Å². The lowest BCUT2D eigenvalue weighted by Gasteiger charge is -2.37. The van der Waals surface area contributed by atoms with Gasteiger partial charge in [-0.1, -0.05) is 103 Å². The molecule has 0 spiro atoms. The molecule has 4 heteroatoms. The number of para-hydroxylation sites is 2. The largest absolute Gasteiger partial charge is 0.352 e. The molecule has 2 N–H and O–H groups in total. The van der Waals surface area contributed by atoms with E-state index in [1.807, 2.05) is 0 Å². The first-order valence-electron chi connectivity index (χ1n) is 12.9. The highest BCUT2D eigenvalue weighted by molar-refractivity contribution is 6.22. The zero-order valence-electron chi connectivity index (χ0n) is 20.5. The molecule has 8 rings (SSSR count). The number of nitrogens with zero attached hydrogens (tertiary/aromatic N) is 2. The Hall–Kier alpha value is -4.54. The van der Waals surface area contributed by atoms with Crippen LogP contribution in [-0.4, -0.2) is 15.2 Å². The van der Waals surface area contributed by atoms with Crippen LogP contribution in [0.15, 0.2) is 121 Å². The zero-order chi connectivity index (χ0) is 24.5. The van der Waals surface area contributed by atoms with Gasteiger partial charge in [-0.05, 0) is 23.3 Å². The minimum atomic E-state index is -0.133. The lowest BCUT2D eigenvalue weighted by molar-refractivity contribution is 0.363. The van der Waals surface area contributed by atoms with E-state index in [4.69, 9.17) is 0 Å². The molecule has 0 saturated heterocycles. The lowest BCUT2D eigenvalue weighted by Crippen LogP contribution is -2.48. The Morgan fingerprint density at radius 3 is 2.14 bits per heavy atom. The summed E-state index contributed by atoms with van der Waals surface area (Å²) in [6.45, 7) is 0. The van der Waals surface area contributed by atoms with E-state index in [2.05, 4.69) is 142 Å². The molecule has 1 aliphatic carbocycles. The Labute approximate surface area is 214 Å². The summed E-state index contributed by atoms with van der Waals surface area (Å²) in [5.74, 6) is 0. The van der Waals surface area contributed by atoms with Gasteiger partial charge in [0.1, 0.15) is 0 Å². The standard InChI is InChI=1S/C33H26N4/c1-36-28-17-9-6-13-22(28)24-19-20-25-23-14-7-10-18-29(23)37(32(25)31(24)36)33-34-27-16-8-5-15-26(27)30(35-33)21-11-3-2-4-12-21/h2-20,27,33-35H,1H3. The SMILES string of the molecule is Cn1c2ccccc2c2ccc3c4ccccc4n(C4NC(c5ccccc5)=C5C=CC=CC5N4)c3c21. The second-order valence-electron chi connectivity index (χ2n) is 9.95. The summed E-state index contributed by atoms with van der Waals surface area (Å²) in [6, 6.07) is 32.9. The van der Waals surface area contributed by atoms with E-state index in [0.29, 0.717) is 0 Å². The van der Waals surface area contributed by atoms with Gasteiger partial charge >= 0.3 is 0 Å². The van der Waals surface area contributed by atoms with Gasteiger partial charge in [0.05, 0.1) is 22.6 Å². The number of rotatable bonds is 2. The molecule has 6 aromatic rings. The maximum absolute atomic E-state index is 3.91. The Morgan fingerprint density at radius 2 is 1.32 bits per heavy atom. The molecule has 2 aliphatic rings. The molecule has 2 unspecified atom stereocenters. The lowest BCUT2D eigenvalue weighted by atomic mass is 9.94. The quantitative estimate of drug-likeness (QED) is 0.281. The molecule has 0 radical (unpaired) electrons. The normalized spacial score (nSPS) is 19.3. The molecule has 4 aromatic carbocycles. The van der Waals surface area contributed by atoms with Gasteiger partial charge in [-0.2, -0.15) is 0 Å². The third-order valence-electron chi connectivity index (χ3n) is 7.99. The van der Waals surface area contributed by atoms with Gasteiger partial charge in [0, 0.05) is 39.8 Å². The average molecular weight is 479 g/mol. The van der Waals surface area contributed by atoms with Gasteiger partial charge < -0.3 is 14.5 Å². The Morgan fingerprint density at radius 1 is 0.649 bits per heavy atom. The molecule has 4 nitrogen and oxygen atoms in total. The number of hydrogen-bond acceptors (Lipinski definition) is 2. The Bertz CT molecular complexity index is 1950. The highest BCUT2D eigenvalue weighted by Crippen LogP contribution is 2.40. The summed E-state index contributed by atoms with van der Waals surface area (Å²) >= 11 is 0. The molecule has 2 atom stereocenters. The van der Waals surface area contributed by atoms with Crippen molar-refractivity contribution >= 4 is 49.3 Å². The molecule has 0 bridgehead atoms. The van der Waals surface area contributed by atoms with Crippen molar-refractivity contribution in [2.24, 2.45) is 7.05 Å². The predicted octanol–water partition coefficient (Wildman–Crippen LogP) is 6.99. The molecular formula is C33H26N4. The topological polar surface area (TPSA) is 33.9 Å². The van der Waals surface area contributed by atoms with Crippen molar-refractivity contribution in [1.29, 1.82) is 0 Å². The van der Waals surface area contributed by atoms with Crippen LogP contribution in [0.1, 0.15) is 11.9 Å². The fraction of sp³-hybridized carbons (Fsp3) is 0.0909. The maximum Gasteiger partial charge on any atom is 0.160 e. The van der Waals surface area contributed by atoms with Gasteiger partial charge in [-0.25, -0.2) is 0 Å². The van der Waals surface area contributed by atoms with Crippen LogP contribution in [0, 0.1) is 0 Å². The molecule has 0 amide bonds. The van der Waals surface area contributed by atoms with Crippen LogP contribution in [0.2, 0.25) is 0 Å². The smallest absolute Gasteiger partial charge is 0.160 e. The number of benzene rings is 4. The van der Waals surface area contributed by atoms with Crippen molar-refractivity contribution in [2.75, 3.05) is 0 Å². The predicted molar refractivity (Wildman–Crippen MR) is 154 cm³/mol. The number of nitrogens with one attached hydrogen (secondary N) is 2. The van der Waals surface area contributed by atoms with Gasteiger partial charge in [0.15, 0.2) is 6.29 Å². The summed E-state index contributed by atoms with van der Waals surface area (Å²) < 4.78 is 4.82. The van der Waals surface area contributed by atoms with Crippen LogP contribution < -0.4 is 10.6 Å². The van der Waals surface area contributed by atoms with Crippen molar-refractivity contribution < 1.29 is 0 Å². The molecule has 0 fully saturated rings. The minimum absolute atomic E-state index is 0.120. The monoisotopic (exact) mass is 478 g/mol. The van der Waals surface area contributed by atoms with Gasteiger partial charge in [-0.15, -0.1) is 0 Å². The van der Waals surface area contributed by atoms with Gasteiger partial charge in [-0.3, -0.25) is 5.32 Å². The Balaban J connectivity index is 1.45. The van der Waals surface area contributed by atoms with E-state index in [1.165, 1.54) is 60.4 Å². The van der Waals surface area contributed by atoms with Crippen molar-refractivity contribution in [2.45, 2.75) is 12.3 Å². The van der Waals surface area contributed by atoms with E-state index >= 15 is 0 Å². The number of aromatic nitrogens is 2. The summed E-state index contributed by atoms with van der Waals surface area (Å²) in [5, 5.41) is 12.9. The second kappa shape index (κ2) is 7.73. The van der Waals surface area contributed by atoms with Crippen molar-refractivity contribution in [3.63, 3.8) is 0 Å². The number of hydrogen-bond donors (Lipinski definition) is 2. The average Bonchev–Trinajstić information content (AvgIpc) is 3.45. The minimum Gasteiger partial charge on any atom is -0.352 e. The number of fused-ring (bicyclic) bond motifs is 8.